The number of methoxy groups -OCH3 is 1. The number of hydrogen-bond acceptors (Lipinski definition) is 3. The number of carbonyl (C=O) groups excluding carboxylic acids is 1. The van der Waals surface area contributed by atoms with Gasteiger partial charge in [0.25, 0.3) is 0 Å². The largest absolute Gasteiger partial charge is 0.382 e. The van der Waals surface area contributed by atoms with Crippen molar-refractivity contribution in [2.45, 2.75) is 38.6 Å². The highest BCUT2D eigenvalue weighted by Gasteiger charge is 2.17. The number of rotatable bonds is 5. The smallest absolute Gasteiger partial charge is 0.250 e. The van der Waals surface area contributed by atoms with Gasteiger partial charge in [0.15, 0.2) is 0 Å². The van der Waals surface area contributed by atoms with Gasteiger partial charge >= 0.3 is 0 Å². The van der Waals surface area contributed by atoms with Crippen LogP contribution in [0.1, 0.15) is 32.6 Å². The Balaban J connectivity index is 1.90. The number of benzene rings is 1. The van der Waals surface area contributed by atoms with E-state index in [0.29, 0.717) is 6.04 Å². The number of nitrogens with one attached hydrogen (secondary N) is 2. The van der Waals surface area contributed by atoms with Crippen LogP contribution < -0.4 is 10.6 Å². The Hall–Kier alpha value is -1.55. The minimum Gasteiger partial charge on any atom is -0.382 e. The van der Waals surface area contributed by atoms with Crippen molar-refractivity contribution in [1.82, 2.24) is 0 Å². The lowest BCUT2D eigenvalue weighted by atomic mass is 9.87. The lowest BCUT2D eigenvalue weighted by Crippen LogP contribution is -2.25. The maximum Gasteiger partial charge on any atom is 0.250 e. The van der Waals surface area contributed by atoms with Crippen molar-refractivity contribution in [2.24, 2.45) is 5.92 Å². The second-order valence-electron chi connectivity index (χ2n) is 5.66. The van der Waals surface area contributed by atoms with E-state index in [1.807, 2.05) is 24.3 Å². The van der Waals surface area contributed by atoms with Crippen LogP contribution in [0.15, 0.2) is 24.3 Å². The van der Waals surface area contributed by atoms with E-state index in [0.717, 1.165) is 17.3 Å². The van der Waals surface area contributed by atoms with E-state index in [1.165, 1.54) is 32.8 Å². The number of amides is 1. The van der Waals surface area contributed by atoms with Gasteiger partial charge < -0.3 is 15.4 Å². The molecular weight excluding hydrogens is 252 g/mol. The fraction of sp³-hybridized carbons (Fsp3) is 0.562. The molecule has 0 bridgehead atoms. The molecule has 0 aliphatic heterocycles. The predicted molar refractivity (Wildman–Crippen MR) is 82.0 cm³/mol. The molecule has 110 valence electrons. The quantitative estimate of drug-likeness (QED) is 0.868. The molecule has 0 aromatic heterocycles. The topological polar surface area (TPSA) is 50.4 Å². The van der Waals surface area contributed by atoms with Gasteiger partial charge in [0, 0.05) is 24.5 Å². The lowest BCUT2D eigenvalue weighted by Gasteiger charge is -2.27. The number of ether oxygens (including phenoxy) is 1. The standard InChI is InChI=1S/C16H24N2O2/c1-12-6-8-13(9-7-12)17-14-4-3-5-15(10-14)18-16(19)11-20-2/h3-5,10,12-13,17H,6-9,11H2,1-2H3,(H,18,19). The molecule has 0 saturated heterocycles. The van der Waals surface area contributed by atoms with Crippen molar-refractivity contribution in [3.05, 3.63) is 24.3 Å². The van der Waals surface area contributed by atoms with E-state index in [2.05, 4.69) is 17.6 Å². The Labute approximate surface area is 120 Å². The third-order valence-electron chi connectivity index (χ3n) is 3.81. The molecule has 0 radical (unpaired) electrons. The van der Waals surface area contributed by atoms with Crippen LogP contribution in [0.25, 0.3) is 0 Å². The molecule has 1 amide bonds. The summed E-state index contributed by atoms with van der Waals surface area (Å²) in [4.78, 5) is 11.5. The molecule has 2 N–H and O–H groups in total. The summed E-state index contributed by atoms with van der Waals surface area (Å²) >= 11 is 0. The summed E-state index contributed by atoms with van der Waals surface area (Å²) in [5.74, 6) is 0.726. The van der Waals surface area contributed by atoms with Crippen molar-refractivity contribution in [3.8, 4) is 0 Å². The highest BCUT2D eigenvalue weighted by atomic mass is 16.5. The summed E-state index contributed by atoms with van der Waals surface area (Å²) in [7, 11) is 1.52. The van der Waals surface area contributed by atoms with Crippen molar-refractivity contribution in [2.75, 3.05) is 24.4 Å². The van der Waals surface area contributed by atoms with E-state index in [4.69, 9.17) is 4.74 Å². The average molecular weight is 276 g/mol. The monoisotopic (exact) mass is 276 g/mol. The molecule has 0 heterocycles. The highest BCUT2D eigenvalue weighted by molar-refractivity contribution is 5.92. The third-order valence-corrected chi connectivity index (χ3v) is 3.81. The van der Waals surface area contributed by atoms with Gasteiger partial charge in [-0.1, -0.05) is 13.0 Å². The van der Waals surface area contributed by atoms with Gasteiger partial charge in [-0.25, -0.2) is 0 Å². The molecule has 0 unspecified atom stereocenters. The molecule has 4 nitrogen and oxygen atoms in total. The second-order valence-corrected chi connectivity index (χ2v) is 5.66. The molecule has 0 atom stereocenters. The van der Waals surface area contributed by atoms with E-state index >= 15 is 0 Å². The molecule has 2 rings (SSSR count). The van der Waals surface area contributed by atoms with Crippen LogP contribution in [0.3, 0.4) is 0 Å². The van der Waals surface area contributed by atoms with Gasteiger partial charge in [-0.05, 0) is 49.8 Å². The first-order chi connectivity index (χ1) is 9.67. The Morgan fingerprint density at radius 3 is 2.65 bits per heavy atom. The maximum absolute atomic E-state index is 11.5. The van der Waals surface area contributed by atoms with Crippen LogP contribution >= 0.6 is 0 Å². The zero-order chi connectivity index (χ0) is 14.4. The van der Waals surface area contributed by atoms with Gasteiger partial charge in [0.1, 0.15) is 6.61 Å². The van der Waals surface area contributed by atoms with Crippen molar-refractivity contribution in [3.63, 3.8) is 0 Å². The molecule has 1 saturated carbocycles. The molecule has 1 fully saturated rings. The van der Waals surface area contributed by atoms with Gasteiger partial charge in [-0.15, -0.1) is 0 Å². The maximum atomic E-state index is 11.5. The number of carbonyl (C=O) groups is 1. The van der Waals surface area contributed by atoms with Gasteiger partial charge in [-0.3, -0.25) is 4.79 Å². The van der Waals surface area contributed by atoms with Crippen LogP contribution in [0.4, 0.5) is 11.4 Å². The van der Waals surface area contributed by atoms with E-state index in [1.54, 1.807) is 0 Å². The van der Waals surface area contributed by atoms with Gasteiger partial charge in [0.05, 0.1) is 0 Å². The minimum absolute atomic E-state index is 0.0815. The average Bonchev–Trinajstić information content (AvgIpc) is 2.42. The molecule has 4 heteroatoms. The Morgan fingerprint density at radius 1 is 1.25 bits per heavy atom. The fourth-order valence-electron chi connectivity index (χ4n) is 2.66. The first-order valence-electron chi connectivity index (χ1n) is 7.32. The van der Waals surface area contributed by atoms with Crippen LogP contribution in [-0.4, -0.2) is 25.7 Å². The summed E-state index contributed by atoms with van der Waals surface area (Å²) in [6.45, 7) is 2.40. The minimum atomic E-state index is -0.129. The molecule has 1 aromatic carbocycles. The Morgan fingerprint density at radius 2 is 1.95 bits per heavy atom. The first kappa shape index (κ1) is 14.9. The summed E-state index contributed by atoms with van der Waals surface area (Å²) in [6, 6.07) is 8.42. The third kappa shape index (κ3) is 4.53. The highest BCUT2D eigenvalue weighted by Crippen LogP contribution is 2.26. The van der Waals surface area contributed by atoms with Crippen LogP contribution in [0, 0.1) is 5.92 Å². The number of anilines is 2. The lowest BCUT2D eigenvalue weighted by molar-refractivity contribution is -0.119. The summed E-state index contributed by atoms with van der Waals surface area (Å²) in [6.07, 6.45) is 5.03. The van der Waals surface area contributed by atoms with Gasteiger partial charge in [0.2, 0.25) is 5.91 Å². The predicted octanol–water partition coefficient (Wildman–Crippen LogP) is 3.26. The number of hydrogen-bond donors (Lipinski definition) is 2. The van der Waals surface area contributed by atoms with Crippen molar-refractivity contribution >= 4 is 17.3 Å². The molecular formula is C16H24N2O2. The van der Waals surface area contributed by atoms with Crippen LogP contribution in [-0.2, 0) is 9.53 Å². The first-order valence-corrected chi connectivity index (χ1v) is 7.32. The Bertz CT molecular complexity index is 440. The molecule has 1 aliphatic rings. The zero-order valence-electron chi connectivity index (χ0n) is 12.3. The fourth-order valence-corrected chi connectivity index (χ4v) is 2.66. The normalized spacial score (nSPS) is 22.3. The molecule has 0 spiro atoms. The van der Waals surface area contributed by atoms with Gasteiger partial charge in [-0.2, -0.15) is 0 Å². The second kappa shape index (κ2) is 7.29. The van der Waals surface area contributed by atoms with E-state index in [9.17, 15) is 4.79 Å². The van der Waals surface area contributed by atoms with Crippen molar-refractivity contribution < 1.29 is 9.53 Å². The summed E-state index contributed by atoms with van der Waals surface area (Å²) in [5, 5.41) is 6.39. The Kier molecular flexibility index (Phi) is 5.41. The SMILES string of the molecule is COCC(=O)Nc1cccc(NC2CCC(C)CC2)c1. The van der Waals surface area contributed by atoms with E-state index in [-0.39, 0.29) is 12.5 Å². The zero-order valence-corrected chi connectivity index (χ0v) is 12.3. The molecule has 1 aliphatic carbocycles. The van der Waals surface area contributed by atoms with Crippen LogP contribution in [0.2, 0.25) is 0 Å². The molecule has 20 heavy (non-hydrogen) atoms. The van der Waals surface area contributed by atoms with Crippen molar-refractivity contribution in [1.29, 1.82) is 0 Å². The summed E-state index contributed by atoms with van der Waals surface area (Å²) < 4.78 is 4.81. The molecule has 1 aromatic rings. The van der Waals surface area contributed by atoms with Crippen LogP contribution in [0.5, 0.6) is 0 Å². The van der Waals surface area contributed by atoms with E-state index < -0.39 is 0 Å². The summed E-state index contributed by atoms with van der Waals surface area (Å²) in [5.41, 5.74) is 1.88.